The average Bonchev–Trinajstić information content (AvgIpc) is 2.43. The van der Waals surface area contributed by atoms with Gasteiger partial charge in [-0.25, -0.2) is 0 Å². The van der Waals surface area contributed by atoms with Gasteiger partial charge in [0, 0.05) is 18.2 Å². The third kappa shape index (κ3) is 4.22. The van der Waals surface area contributed by atoms with E-state index in [0.717, 1.165) is 29.8 Å². The van der Waals surface area contributed by atoms with E-state index in [-0.39, 0.29) is 0 Å². The molecule has 1 aromatic rings. The molecule has 0 aliphatic carbocycles. The molecule has 2 atom stereocenters. The van der Waals surface area contributed by atoms with Crippen molar-refractivity contribution in [3.8, 4) is 5.75 Å². The normalized spacial score (nSPS) is 14.5. The minimum absolute atomic E-state index is 0.482. The summed E-state index contributed by atoms with van der Waals surface area (Å²) in [5.41, 5.74) is 2.02. The monoisotopic (exact) mass is 265 g/mol. The Balaban J connectivity index is 2.87. The molecule has 19 heavy (non-hydrogen) atoms. The molecule has 3 nitrogen and oxygen atoms in total. The highest BCUT2D eigenvalue weighted by molar-refractivity contribution is 5.38. The Morgan fingerprint density at radius 3 is 2.53 bits per heavy atom. The zero-order chi connectivity index (χ0) is 14.4. The lowest BCUT2D eigenvalue weighted by molar-refractivity contribution is 0.0916. The number of methoxy groups -OCH3 is 1. The molecule has 0 fully saturated rings. The largest absolute Gasteiger partial charge is 0.496 e. The predicted octanol–water partition coefficient (Wildman–Crippen LogP) is 3.16. The van der Waals surface area contributed by atoms with E-state index in [0.29, 0.717) is 12.6 Å². The van der Waals surface area contributed by atoms with E-state index in [1.807, 2.05) is 25.1 Å². The first-order chi connectivity index (χ1) is 9.03. The second-order valence-electron chi connectivity index (χ2n) is 5.11. The van der Waals surface area contributed by atoms with Crippen molar-refractivity contribution in [2.24, 2.45) is 0 Å². The summed E-state index contributed by atoms with van der Waals surface area (Å²) in [6, 6.07) is 6.42. The molecule has 0 saturated heterocycles. The molecule has 0 aromatic heterocycles. The van der Waals surface area contributed by atoms with Crippen molar-refractivity contribution in [3.63, 3.8) is 0 Å². The van der Waals surface area contributed by atoms with E-state index in [2.05, 4.69) is 25.7 Å². The lowest BCUT2D eigenvalue weighted by atomic mass is 10.0. The van der Waals surface area contributed by atoms with E-state index in [9.17, 15) is 5.11 Å². The van der Waals surface area contributed by atoms with Crippen LogP contribution >= 0.6 is 0 Å². The van der Waals surface area contributed by atoms with Crippen LogP contribution in [0.25, 0.3) is 0 Å². The molecular weight excluding hydrogens is 238 g/mol. The van der Waals surface area contributed by atoms with Gasteiger partial charge in [-0.3, -0.25) is 4.90 Å². The van der Waals surface area contributed by atoms with Crippen LogP contribution in [-0.2, 0) is 0 Å². The first kappa shape index (κ1) is 16.0. The molecule has 0 bridgehead atoms. The van der Waals surface area contributed by atoms with Gasteiger partial charge in [-0.15, -0.1) is 0 Å². The number of benzene rings is 1. The number of aliphatic hydroxyl groups is 1. The fraction of sp³-hybridized carbons (Fsp3) is 0.625. The second kappa shape index (κ2) is 7.51. The van der Waals surface area contributed by atoms with Crippen LogP contribution in [0.3, 0.4) is 0 Å². The highest BCUT2D eigenvalue weighted by Gasteiger charge is 2.19. The van der Waals surface area contributed by atoms with E-state index < -0.39 is 6.10 Å². The van der Waals surface area contributed by atoms with Gasteiger partial charge in [-0.05, 0) is 38.9 Å². The Bertz CT molecular complexity index is 392. The summed E-state index contributed by atoms with van der Waals surface area (Å²) >= 11 is 0. The maximum absolute atomic E-state index is 10.5. The summed E-state index contributed by atoms with van der Waals surface area (Å²) in [5.74, 6) is 0.762. The zero-order valence-corrected chi connectivity index (χ0v) is 12.8. The summed E-state index contributed by atoms with van der Waals surface area (Å²) in [6.07, 6.45) is 0.578. The average molecular weight is 265 g/mol. The molecule has 0 aliphatic rings. The molecule has 0 aliphatic heterocycles. The fourth-order valence-electron chi connectivity index (χ4n) is 2.31. The molecule has 0 saturated carbocycles. The van der Waals surface area contributed by atoms with Crippen LogP contribution in [0.5, 0.6) is 5.75 Å². The van der Waals surface area contributed by atoms with Gasteiger partial charge in [-0.1, -0.05) is 25.5 Å². The highest BCUT2D eigenvalue weighted by atomic mass is 16.5. The van der Waals surface area contributed by atoms with Crippen molar-refractivity contribution in [2.75, 3.05) is 20.2 Å². The molecule has 2 unspecified atom stereocenters. The highest BCUT2D eigenvalue weighted by Crippen LogP contribution is 2.27. The smallest absolute Gasteiger partial charge is 0.124 e. The molecule has 0 heterocycles. The van der Waals surface area contributed by atoms with Gasteiger partial charge in [0.1, 0.15) is 5.75 Å². The van der Waals surface area contributed by atoms with Crippen LogP contribution in [0.1, 0.15) is 44.4 Å². The number of ether oxygens (including phenoxy) is 1. The van der Waals surface area contributed by atoms with Gasteiger partial charge < -0.3 is 9.84 Å². The summed E-state index contributed by atoms with van der Waals surface area (Å²) in [6.45, 7) is 10.1. The lowest BCUT2D eigenvalue weighted by Crippen LogP contribution is -2.36. The number of aryl methyl sites for hydroxylation is 1. The standard InChI is InChI=1S/C16H27NO2/c1-6-13(4)17(7-2)11-15(18)14-10-12(3)8-9-16(14)19-5/h8-10,13,15,18H,6-7,11H2,1-5H3. The zero-order valence-electron chi connectivity index (χ0n) is 12.8. The molecule has 0 radical (unpaired) electrons. The van der Waals surface area contributed by atoms with Gasteiger partial charge >= 0.3 is 0 Å². The molecule has 0 spiro atoms. The van der Waals surface area contributed by atoms with Crippen LogP contribution in [0.4, 0.5) is 0 Å². The lowest BCUT2D eigenvalue weighted by Gasteiger charge is -2.29. The van der Waals surface area contributed by atoms with Crippen molar-refractivity contribution >= 4 is 0 Å². The summed E-state index contributed by atoms with van der Waals surface area (Å²) in [7, 11) is 1.65. The van der Waals surface area contributed by atoms with Crippen LogP contribution in [0.15, 0.2) is 18.2 Å². The SMILES string of the molecule is CCC(C)N(CC)CC(O)c1cc(C)ccc1OC. The van der Waals surface area contributed by atoms with Crippen molar-refractivity contribution in [1.82, 2.24) is 4.90 Å². The van der Waals surface area contributed by atoms with Crippen LogP contribution < -0.4 is 4.74 Å². The van der Waals surface area contributed by atoms with Crippen molar-refractivity contribution < 1.29 is 9.84 Å². The molecule has 1 aromatic carbocycles. The van der Waals surface area contributed by atoms with Gasteiger partial charge in [0.15, 0.2) is 0 Å². The first-order valence-corrected chi connectivity index (χ1v) is 7.10. The van der Waals surface area contributed by atoms with Crippen LogP contribution in [-0.4, -0.2) is 36.2 Å². The Kier molecular flexibility index (Phi) is 6.32. The quantitative estimate of drug-likeness (QED) is 0.822. The summed E-state index contributed by atoms with van der Waals surface area (Å²) in [5, 5.41) is 10.5. The van der Waals surface area contributed by atoms with E-state index in [1.54, 1.807) is 7.11 Å². The third-order valence-corrected chi connectivity index (χ3v) is 3.77. The maximum atomic E-state index is 10.5. The first-order valence-electron chi connectivity index (χ1n) is 7.10. The number of hydrogen-bond donors (Lipinski definition) is 1. The molecule has 1 rings (SSSR count). The Morgan fingerprint density at radius 2 is 2.00 bits per heavy atom. The van der Waals surface area contributed by atoms with E-state index in [1.165, 1.54) is 0 Å². The van der Waals surface area contributed by atoms with Gasteiger partial charge in [0.25, 0.3) is 0 Å². The Hall–Kier alpha value is -1.06. The van der Waals surface area contributed by atoms with Crippen LogP contribution in [0.2, 0.25) is 0 Å². The van der Waals surface area contributed by atoms with Crippen LogP contribution in [0, 0.1) is 6.92 Å². The number of nitrogens with zero attached hydrogens (tertiary/aromatic N) is 1. The van der Waals surface area contributed by atoms with Gasteiger partial charge in [0.05, 0.1) is 13.2 Å². The molecule has 108 valence electrons. The molecular formula is C16H27NO2. The Morgan fingerprint density at radius 1 is 1.32 bits per heavy atom. The minimum Gasteiger partial charge on any atom is -0.496 e. The minimum atomic E-state index is -0.510. The summed E-state index contributed by atoms with van der Waals surface area (Å²) in [4.78, 5) is 2.30. The van der Waals surface area contributed by atoms with E-state index in [4.69, 9.17) is 4.74 Å². The fourth-order valence-corrected chi connectivity index (χ4v) is 2.31. The molecule has 3 heteroatoms. The predicted molar refractivity (Wildman–Crippen MR) is 79.7 cm³/mol. The maximum Gasteiger partial charge on any atom is 0.124 e. The number of aliphatic hydroxyl groups excluding tert-OH is 1. The summed E-state index contributed by atoms with van der Waals surface area (Å²) < 4.78 is 5.34. The number of hydrogen-bond acceptors (Lipinski definition) is 3. The van der Waals surface area contributed by atoms with Crippen molar-refractivity contribution in [2.45, 2.75) is 46.3 Å². The topological polar surface area (TPSA) is 32.7 Å². The van der Waals surface area contributed by atoms with Gasteiger partial charge in [0.2, 0.25) is 0 Å². The van der Waals surface area contributed by atoms with Crippen molar-refractivity contribution in [1.29, 1.82) is 0 Å². The van der Waals surface area contributed by atoms with E-state index >= 15 is 0 Å². The molecule has 0 amide bonds. The molecule has 1 N–H and O–H groups in total. The van der Waals surface area contributed by atoms with Gasteiger partial charge in [-0.2, -0.15) is 0 Å². The second-order valence-corrected chi connectivity index (χ2v) is 5.11. The van der Waals surface area contributed by atoms with Crippen molar-refractivity contribution in [3.05, 3.63) is 29.3 Å². The Labute approximate surface area is 117 Å². The number of rotatable bonds is 7. The third-order valence-electron chi connectivity index (χ3n) is 3.77. The number of likely N-dealkylation sites (N-methyl/N-ethyl adjacent to an activating group) is 1.